The first kappa shape index (κ1) is 13.4. The summed E-state index contributed by atoms with van der Waals surface area (Å²) in [6.07, 6.45) is 4.70. The molecule has 0 atom stereocenters. The fourth-order valence-electron chi connectivity index (χ4n) is 2.50. The van der Waals surface area contributed by atoms with Crippen molar-refractivity contribution in [3.8, 4) is 5.75 Å². The summed E-state index contributed by atoms with van der Waals surface area (Å²) >= 11 is 0. The van der Waals surface area contributed by atoms with Gasteiger partial charge in [-0.1, -0.05) is 12.1 Å². The van der Waals surface area contributed by atoms with Gasteiger partial charge in [-0.3, -0.25) is 0 Å². The van der Waals surface area contributed by atoms with E-state index < -0.39 is 0 Å². The van der Waals surface area contributed by atoms with E-state index in [0.717, 1.165) is 31.7 Å². The van der Waals surface area contributed by atoms with E-state index in [2.05, 4.69) is 23.5 Å². The van der Waals surface area contributed by atoms with Gasteiger partial charge in [0.15, 0.2) is 0 Å². The summed E-state index contributed by atoms with van der Waals surface area (Å²) in [5.74, 6) is 0.961. The van der Waals surface area contributed by atoms with Crippen LogP contribution in [0.2, 0.25) is 0 Å². The van der Waals surface area contributed by atoms with Gasteiger partial charge in [-0.15, -0.1) is 0 Å². The molecule has 0 amide bonds. The van der Waals surface area contributed by atoms with Crippen LogP contribution in [0.15, 0.2) is 24.3 Å². The lowest BCUT2D eigenvalue weighted by molar-refractivity contribution is 0.336. The highest BCUT2D eigenvalue weighted by Crippen LogP contribution is 2.18. The maximum atomic E-state index is 5.91. The molecule has 1 aliphatic carbocycles. The molecule has 0 radical (unpaired) electrons. The fraction of sp³-hybridized carbons (Fsp3) is 0.600. The Morgan fingerprint density at radius 3 is 2.78 bits per heavy atom. The summed E-state index contributed by atoms with van der Waals surface area (Å²) in [6, 6.07) is 9.37. The van der Waals surface area contributed by atoms with Crippen LogP contribution in [0.3, 0.4) is 0 Å². The monoisotopic (exact) mass is 248 g/mol. The number of benzene rings is 1. The zero-order chi connectivity index (χ0) is 12.8. The molecular weight excluding hydrogens is 224 g/mol. The zero-order valence-electron chi connectivity index (χ0n) is 11.2. The molecule has 3 heteroatoms. The molecule has 0 unspecified atom stereocenters. The van der Waals surface area contributed by atoms with Crippen molar-refractivity contribution >= 4 is 0 Å². The molecule has 3 N–H and O–H groups in total. The Morgan fingerprint density at radius 1 is 1.28 bits per heavy atom. The van der Waals surface area contributed by atoms with Crippen molar-refractivity contribution < 1.29 is 4.74 Å². The Hall–Kier alpha value is -1.06. The minimum Gasteiger partial charge on any atom is -0.494 e. The Labute approximate surface area is 110 Å². The van der Waals surface area contributed by atoms with Crippen LogP contribution in [0.25, 0.3) is 0 Å². The summed E-state index contributed by atoms with van der Waals surface area (Å²) in [6.45, 7) is 3.65. The SMILES string of the molecule is CCOc1cccc(CNC2CCC(N)CC2)c1. The molecule has 2 rings (SSSR count). The third-order valence-electron chi connectivity index (χ3n) is 3.58. The minimum atomic E-state index is 0.421. The van der Waals surface area contributed by atoms with Crippen LogP contribution < -0.4 is 15.8 Å². The Balaban J connectivity index is 1.80. The van der Waals surface area contributed by atoms with E-state index in [1.165, 1.54) is 18.4 Å². The molecule has 3 nitrogen and oxygen atoms in total. The Bertz CT molecular complexity index is 359. The third-order valence-corrected chi connectivity index (χ3v) is 3.58. The quantitative estimate of drug-likeness (QED) is 0.841. The number of nitrogens with one attached hydrogen (secondary N) is 1. The first-order valence-corrected chi connectivity index (χ1v) is 6.98. The molecule has 1 fully saturated rings. The van der Waals surface area contributed by atoms with Crippen LogP contribution in [0.5, 0.6) is 5.75 Å². The van der Waals surface area contributed by atoms with Crippen LogP contribution in [0, 0.1) is 0 Å². The van der Waals surface area contributed by atoms with Gasteiger partial charge in [0, 0.05) is 18.6 Å². The molecule has 1 aromatic carbocycles. The van der Waals surface area contributed by atoms with Crippen LogP contribution in [0.4, 0.5) is 0 Å². The molecule has 1 saturated carbocycles. The summed E-state index contributed by atoms with van der Waals surface area (Å²) < 4.78 is 5.51. The van der Waals surface area contributed by atoms with E-state index in [1.54, 1.807) is 0 Å². The molecule has 1 aliphatic rings. The van der Waals surface area contributed by atoms with Crippen molar-refractivity contribution in [1.29, 1.82) is 0 Å². The number of hydrogen-bond donors (Lipinski definition) is 2. The van der Waals surface area contributed by atoms with E-state index in [-0.39, 0.29) is 0 Å². The second kappa shape index (κ2) is 6.76. The van der Waals surface area contributed by atoms with Crippen molar-refractivity contribution in [1.82, 2.24) is 5.32 Å². The van der Waals surface area contributed by atoms with Crippen LogP contribution in [0.1, 0.15) is 38.2 Å². The smallest absolute Gasteiger partial charge is 0.119 e. The molecule has 1 aromatic rings. The molecule has 0 aliphatic heterocycles. The summed E-state index contributed by atoms with van der Waals surface area (Å²) in [5, 5.41) is 3.62. The van der Waals surface area contributed by atoms with E-state index in [0.29, 0.717) is 12.1 Å². The average Bonchev–Trinajstić information content (AvgIpc) is 2.39. The molecule has 100 valence electrons. The molecule has 0 spiro atoms. The van der Waals surface area contributed by atoms with Crippen LogP contribution >= 0.6 is 0 Å². The molecule has 0 saturated heterocycles. The zero-order valence-corrected chi connectivity index (χ0v) is 11.2. The Kier molecular flexibility index (Phi) is 5.02. The lowest BCUT2D eigenvalue weighted by Gasteiger charge is -2.27. The largest absolute Gasteiger partial charge is 0.494 e. The second-order valence-corrected chi connectivity index (χ2v) is 5.07. The number of ether oxygens (including phenoxy) is 1. The third kappa shape index (κ3) is 4.00. The van der Waals surface area contributed by atoms with Crippen molar-refractivity contribution in [3.05, 3.63) is 29.8 Å². The summed E-state index contributed by atoms with van der Waals surface area (Å²) in [5.41, 5.74) is 7.20. The average molecular weight is 248 g/mol. The van der Waals surface area contributed by atoms with Gasteiger partial charge in [0.2, 0.25) is 0 Å². The maximum absolute atomic E-state index is 5.91. The highest BCUT2D eigenvalue weighted by molar-refractivity contribution is 5.28. The first-order chi connectivity index (χ1) is 8.78. The predicted molar refractivity (Wildman–Crippen MR) is 74.7 cm³/mol. The fourth-order valence-corrected chi connectivity index (χ4v) is 2.50. The van der Waals surface area contributed by atoms with Gasteiger partial charge < -0.3 is 15.8 Å². The normalized spacial score (nSPS) is 23.9. The highest BCUT2D eigenvalue weighted by atomic mass is 16.5. The summed E-state index contributed by atoms with van der Waals surface area (Å²) in [4.78, 5) is 0. The molecule has 0 heterocycles. The first-order valence-electron chi connectivity index (χ1n) is 6.98. The number of hydrogen-bond acceptors (Lipinski definition) is 3. The minimum absolute atomic E-state index is 0.421. The van der Waals surface area contributed by atoms with E-state index in [4.69, 9.17) is 10.5 Å². The molecule has 18 heavy (non-hydrogen) atoms. The van der Waals surface area contributed by atoms with Crippen molar-refractivity contribution in [3.63, 3.8) is 0 Å². The van der Waals surface area contributed by atoms with Crippen LogP contribution in [-0.4, -0.2) is 18.7 Å². The van der Waals surface area contributed by atoms with Gasteiger partial charge in [0.05, 0.1) is 6.61 Å². The second-order valence-electron chi connectivity index (χ2n) is 5.07. The van der Waals surface area contributed by atoms with E-state index in [1.807, 2.05) is 13.0 Å². The van der Waals surface area contributed by atoms with Gasteiger partial charge in [0.1, 0.15) is 5.75 Å². The lowest BCUT2D eigenvalue weighted by Crippen LogP contribution is -2.37. The van der Waals surface area contributed by atoms with Gasteiger partial charge in [-0.05, 0) is 50.3 Å². The topological polar surface area (TPSA) is 47.3 Å². The van der Waals surface area contributed by atoms with Gasteiger partial charge in [-0.25, -0.2) is 0 Å². The molecule has 0 aromatic heterocycles. The van der Waals surface area contributed by atoms with Crippen LogP contribution in [-0.2, 0) is 6.54 Å². The Morgan fingerprint density at radius 2 is 2.06 bits per heavy atom. The standard InChI is InChI=1S/C15H24N2O/c1-2-18-15-5-3-4-12(10-15)11-17-14-8-6-13(16)7-9-14/h3-5,10,13-14,17H,2,6-9,11,16H2,1H3. The van der Waals surface area contributed by atoms with Gasteiger partial charge >= 0.3 is 0 Å². The predicted octanol–water partition coefficient (Wildman–Crippen LogP) is 2.44. The maximum Gasteiger partial charge on any atom is 0.119 e. The van der Waals surface area contributed by atoms with Crippen molar-refractivity contribution in [2.24, 2.45) is 5.73 Å². The summed E-state index contributed by atoms with van der Waals surface area (Å²) in [7, 11) is 0. The highest BCUT2D eigenvalue weighted by Gasteiger charge is 2.17. The van der Waals surface area contributed by atoms with Gasteiger partial charge in [0.25, 0.3) is 0 Å². The van der Waals surface area contributed by atoms with Gasteiger partial charge in [-0.2, -0.15) is 0 Å². The molecular formula is C15H24N2O. The van der Waals surface area contributed by atoms with Crippen molar-refractivity contribution in [2.45, 2.75) is 51.2 Å². The van der Waals surface area contributed by atoms with E-state index >= 15 is 0 Å². The van der Waals surface area contributed by atoms with E-state index in [9.17, 15) is 0 Å². The number of nitrogens with two attached hydrogens (primary N) is 1. The van der Waals surface area contributed by atoms with Crippen molar-refractivity contribution in [2.75, 3.05) is 6.61 Å². The lowest BCUT2D eigenvalue weighted by atomic mass is 9.92. The number of rotatable bonds is 5. The molecule has 0 bridgehead atoms.